The van der Waals surface area contributed by atoms with Gasteiger partial charge in [-0.25, -0.2) is 4.39 Å². The normalized spacial score (nSPS) is 10.2. The second-order valence-electron chi connectivity index (χ2n) is 2.77. The molecule has 0 atom stereocenters. The van der Waals surface area contributed by atoms with Gasteiger partial charge in [0.05, 0.1) is 17.6 Å². The molecule has 0 radical (unpaired) electrons. The second kappa shape index (κ2) is 5.62. The van der Waals surface area contributed by atoms with Crippen LogP contribution in [0.1, 0.15) is 12.1 Å². The van der Waals surface area contributed by atoms with Gasteiger partial charge in [-0.05, 0) is 18.0 Å². The summed E-state index contributed by atoms with van der Waals surface area (Å²) in [5, 5.41) is 3.36. The van der Waals surface area contributed by atoms with Gasteiger partial charge in [0.15, 0.2) is 0 Å². The van der Waals surface area contributed by atoms with Crippen molar-refractivity contribution in [2.24, 2.45) is 5.11 Å². The number of pyridine rings is 1. The largest absolute Gasteiger partial charge is 0.397 e. The topological polar surface area (TPSA) is 87.7 Å². The van der Waals surface area contributed by atoms with Crippen LogP contribution in [-0.2, 0) is 0 Å². The Morgan fingerprint density at radius 3 is 3.13 bits per heavy atom. The Morgan fingerprint density at radius 1 is 1.67 bits per heavy atom. The summed E-state index contributed by atoms with van der Waals surface area (Å²) in [5.41, 5.74) is 14.3. The van der Waals surface area contributed by atoms with E-state index in [0.717, 1.165) is 6.20 Å². The third-order valence-corrected chi connectivity index (χ3v) is 1.65. The summed E-state index contributed by atoms with van der Waals surface area (Å²) in [6.07, 6.45) is 5.14. The highest BCUT2D eigenvalue weighted by Gasteiger charge is 1.97. The van der Waals surface area contributed by atoms with Gasteiger partial charge in [-0.1, -0.05) is 11.2 Å². The Morgan fingerprint density at radius 2 is 2.47 bits per heavy atom. The van der Waals surface area contributed by atoms with Crippen LogP contribution in [0.2, 0.25) is 0 Å². The highest BCUT2D eigenvalue weighted by atomic mass is 19.1. The summed E-state index contributed by atoms with van der Waals surface area (Å²) < 4.78 is 12.6. The summed E-state index contributed by atoms with van der Waals surface area (Å²) in [5.74, 6) is -0.460. The molecule has 0 amide bonds. The predicted molar refractivity (Wildman–Crippen MR) is 56.3 cm³/mol. The first-order valence-corrected chi connectivity index (χ1v) is 4.32. The Hall–Kier alpha value is -2.07. The standard InChI is InChI=1S/C9H10FN5/c10-7-5-8(11)9(13-6-7)3-1-2-4-14-15-12/h1,3,5-6H,2,4,11H2. The molecule has 0 saturated heterocycles. The molecule has 6 heteroatoms. The van der Waals surface area contributed by atoms with Crippen LogP contribution in [0.25, 0.3) is 16.5 Å². The lowest BCUT2D eigenvalue weighted by Gasteiger charge is -1.98. The van der Waals surface area contributed by atoms with Crippen molar-refractivity contribution in [3.63, 3.8) is 0 Å². The van der Waals surface area contributed by atoms with Crippen LogP contribution in [0, 0.1) is 5.82 Å². The molecule has 0 unspecified atom stereocenters. The van der Waals surface area contributed by atoms with Crippen molar-refractivity contribution >= 4 is 11.8 Å². The maximum absolute atomic E-state index is 12.6. The van der Waals surface area contributed by atoms with Crippen LogP contribution >= 0.6 is 0 Å². The zero-order chi connectivity index (χ0) is 11.1. The van der Waals surface area contributed by atoms with Gasteiger partial charge in [0.1, 0.15) is 5.82 Å². The number of nitrogens with two attached hydrogens (primary N) is 1. The molecular weight excluding hydrogens is 197 g/mol. The molecule has 1 aromatic rings. The lowest BCUT2D eigenvalue weighted by Crippen LogP contribution is -1.93. The van der Waals surface area contributed by atoms with Gasteiger partial charge in [-0.2, -0.15) is 0 Å². The van der Waals surface area contributed by atoms with E-state index in [1.807, 2.05) is 0 Å². The molecule has 78 valence electrons. The minimum Gasteiger partial charge on any atom is -0.397 e. The number of hydrogen-bond donors (Lipinski definition) is 1. The van der Waals surface area contributed by atoms with Crippen molar-refractivity contribution in [3.05, 3.63) is 40.3 Å². The van der Waals surface area contributed by atoms with Crippen molar-refractivity contribution in [1.82, 2.24) is 4.98 Å². The van der Waals surface area contributed by atoms with E-state index < -0.39 is 5.82 Å². The van der Waals surface area contributed by atoms with Crippen molar-refractivity contribution < 1.29 is 4.39 Å². The molecule has 0 aromatic carbocycles. The molecule has 0 aliphatic heterocycles. The average Bonchev–Trinajstić information content (AvgIpc) is 2.20. The highest BCUT2D eigenvalue weighted by Crippen LogP contribution is 2.11. The van der Waals surface area contributed by atoms with Crippen LogP contribution in [0.15, 0.2) is 23.5 Å². The summed E-state index contributed by atoms with van der Waals surface area (Å²) in [6, 6.07) is 1.21. The summed E-state index contributed by atoms with van der Waals surface area (Å²) in [6.45, 7) is 0.383. The van der Waals surface area contributed by atoms with E-state index in [0.29, 0.717) is 18.7 Å². The van der Waals surface area contributed by atoms with Gasteiger partial charge in [0.25, 0.3) is 0 Å². The molecule has 1 heterocycles. The number of nitrogen functional groups attached to an aromatic ring is 1. The third kappa shape index (κ3) is 3.66. The number of aromatic nitrogens is 1. The van der Waals surface area contributed by atoms with Gasteiger partial charge in [-0.15, -0.1) is 0 Å². The first-order chi connectivity index (χ1) is 7.24. The van der Waals surface area contributed by atoms with E-state index in [4.69, 9.17) is 11.3 Å². The Kier molecular flexibility index (Phi) is 4.12. The zero-order valence-electron chi connectivity index (χ0n) is 7.97. The molecule has 0 aliphatic rings. The molecule has 1 aromatic heterocycles. The number of hydrogen-bond acceptors (Lipinski definition) is 3. The average molecular weight is 207 g/mol. The van der Waals surface area contributed by atoms with Crippen LogP contribution in [0.4, 0.5) is 10.1 Å². The maximum atomic E-state index is 12.6. The van der Waals surface area contributed by atoms with Crippen LogP contribution in [0.3, 0.4) is 0 Å². The van der Waals surface area contributed by atoms with Gasteiger partial charge in [0.2, 0.25) is 0 Å². The van der Waals surface area contributed by atoms with Crippen molar-refractivity contribution in [2.45, 2.75) is 6.42 Å². The van der Waals surface area contributed by atoms with Crippen LogP contribution in [-0.4, -0.2) is 11.5 Å². The van der Waals surface area contributed by atoms with E-state index in [1.165, 1.54) is 6.07 Å². The summed E-state index contributed by atoms with van der Waals surface area (Å²) in [7, 11) is 0. The molecule has 0 aliphatic carbocycles. The summed E-state index contributed by atoms with van der Waals surface area (Å²) >= 11 is 0. The van der Waals surface area contributed by atoms with Crippen molar-refractivity contribution in [3.8, 4) is 0 Å². The Bertz CT molecular complexity index is 409. The first-order valence-electron chi connectivity index (χ1n) is 4.32. The maximum Gasteiger partial charge on any atom is 0.143 e. The first kappa shape index (κ1) is 11.0. The van der Waals surface area contributed by atoms with Crippen LogP contribution in [0.5, 0.6) is 0 Å². The molecular formula is C9H10FN5. The number of halogens is 1. The number of rotatable bonds is 4. The SMILES string of the molecule is [N-]=[N+]=NCCC=Cc1ncc(F)cc1N. The quantitative estimate of drug-likeness (QED) is 0.356. The van der Waals surface area contributed by atoms with E-state index in [-0.39, 0.29) is 5.69 Å². The fraction of sp³-hybridized carbons (Fsp3) is 0.222. The van der Waals surface area contributed by atoms with Gasteiger partial charge >= 0.3 is 0 Å². The fourth-order valence-corrected chi connectivity index (χ4v) is 0.977. The van der Waals surface area contributed by atoms with Gasteiger partial charge < -0.3 is 5.73 Å². The molecule has 0 saturated carbocycles. The lowest BCUT2D eigenvalue weighted by atomic mass is 10.2. The zero-order valence-corrected chi connectivity index (χ0v) is 7.97. The fourth-order valence-electron chi connectivity index (χ4n) is 0.977. The molecule has 15 heavy (non-hydrogen) atoms. The molecule has 5 nitrogen and oxygen atoms in total. The number of nitrogens with zero attached hydrogens (tertiary/aromatic N) is 4. The van der Waals surface area contributed by atoms with Crippen LogP contribution < -0.4 is 5.73 Å². The minimum absolute atomic E-state index is 0.287. The Labute approximate surface area is 86.1 Å². The van der Waals surface area contributed by atoms with E-state index >= 15 is 0 Å². The monoisotopic (exact) mass is 207 g/mol. The van der Waals surface area contributed by atoms with E-state index in [1.54, 1.807) is 12.2 Å². The highest BCUT2D eigenvalue weighted by molar-refractivity contribution is 5.60. The molecule has 2 N–H and O–H groups in total. The molecule has 0 spiro atoms. The van der Waals surface area contributed by atoms with Gasteiger partial charge in [0, 0.05) is 17.5 Å². The van der Waals surface area contributed by atoms with Crippen molar-refractivity contribution in [1.29, 1.82) is 0 Å². The lowest BCUT2D eigenvalue weighted by molar-refractivity contribution is 0.622. The van der Waals surface area contributed by atoms with E-state index in [2.05, 4.69) is 15.0 Å². The Balaban J connectivity index is 2.60. The third-order valence-electron chi connectivity index (χ3n) is 1.65. The predicted octanol–water partition coefficient (Wildman–Crippen LogP) is 2.52. The molecule has 0 fully saturated rings. The van der Waals surface area contributed by atoms with Gasteiger partial charge in [-0.3, -0.25) is 4.98 Å². The number of azide groups is 1. The number of anilines is 1. The summed E-state index contributed by atoms with van der Waals surface area (Å²) in [4.78, 5) is 6.42. The van der Waals surface area contributed by atoms with Crippen molar-refractivity contribution in [2.75, 3.05) is 12.3 Å². The smallest absolute Gasteiger partial charge is 0.143 e. The second-order valence-corrected chi connectivity index (χ2v) is 2.77. The molecule has 1 rings (SSSR count). The molecule has 0 bridgehead atoms. The minimum atomic E-state index is -0.460. The van der Waals surface area contributed by atoms with E-state index in [9.17, 15) is 4.39 Å².